The number of amides is 2. The minimum atomic E-state index is -1.20. The Morgan fingerprint density at radius 2 is 1.08 bits per heavy atom. The van der Waals surface area contributed by atoms with E-state index in [-0.39, 0.29) is 11.8 Å². The molecule has 0 aromatic heterocycles. The molecule has 0 N–H and O–H groups in total. The largest absolute Gasteiger partial charge is 0.271 e. The highest BCUT2D eigenvalue weighted by Crippen LogP contribution is 2.79. The Hall–Kier alpha value is -3.77. The van der Waals surface area contributed by atoms with Gasteiger partial charge in [-0.1, -0.05) is 65.2 Å². The van der Waals surface area contributed by atoms with E-state index in [9.17, 15) is 9.59 Å². The van der Waals surface area contributed by atoms with Gasteiger partial charge in [0.15, 0.2) is 0 Å². The smallest absolute Gasteiger partial charge is 0.261 e. The van der Waals surface area contributed by atoms with Crippen molar-refractivity contribution in [2.75, 3.05) is 10.0 Å². The number of aryl methyl sites for hydroxylation is 2. The first-order chi connectivity index (χ1) is 17.2. The van der Waals surface area contributed by atoms with E-state index in [0.29, 0.717) is 27.8 Å². The summed E-state index contributed by atoms with van der Waals surface area (Å²) >= 11 is 6.69. The molecule has 2 atom stereocenters. The minimum Gasteiger partial charge on any atom is -0.271 e. The number of carbonyl (C=O) groups is 2. The van der Waals surface area contributed by atoms with Gasteiger partial charge in [-0.25, -0.2) is 0 Å². The highest BCUT2D eigenvalue weighted by atomic mass is 35.5. The molecule has 6 nitrogen and oxygen atoms in total. The summed E-state index contributed by atoms with van der Waals surface area (Å²) in [6, 6.07) is 22.7. The van der Waals surface area contributed by atoms with Gasteiger partial charge < -0.3 is 0 Å². The van der Waals surface area contributed by atoms with Crippen molar-refractivity contribution in [2.24, 2.45) is 21.0 Å². The first-order valence-corrected chi connectivity index (χ1v) is 12.3. The normalized spacial score (nSPS) is 26.8. The van der Waals surface area contributed by atoms with Crippen molar-refractivity contribution < 1.29 is 9.59 Å². The van der Waals surface area contributed by atoms with Gasteiger partial charge in [0.2, 0.25) is 0 Å². The van der Waals surface area contributed by atoms with Crippen molar-refractivity contribution in [3.63, 3.8) is 0 Å². The van der Waals surface area contributed by atoms with E-state index in [0.717, 1.165) is 16.7 Å². The molecule has 36 heavy (non-hydrogen) atoms. The molecule has 3 aromatic rings. The Balaban J connectivity index is 1.53. The monoisotopic (exact) mass is 496 g/mol. The van der Waals surface area contributed by atoms with Crippen molar-refractivity contribution in [1.82, 2.24) is 0 Å². The SMILES string of the molecule is CC1=NN(c2ccc(C)cc2)C(=O)C12C(c1ccccc1Cl)C21C(=O)N(c2ccc(C)cc2)N=C1C. The summed E-state index contributed by atoms with van der Waals surface area (Å²) in [5.41, 5.74) is 3.02. The van der Waals surface area contributed by atoms with Crippen LogP contribution in [0.2, 0.25) is 5.02 Å². The number of fused-ring (bicyclic) bond motifs is 1. The second-order valence-corrected chi connectivity index (χ2v) is 10.3. The third kappa shape index (κ3) is 2.68. The van der Waals surface area contributed by atoms with E-state index in [1.54, 1.807) is 6.07 Å². The second kappa shape index (κ2) is 7.61. The van der Waals surface area contributed by atoms with Crippen LogP contribution in [0.15, 0.2) is 83.0 Å². The number of halogens is 1. The Bertz CT molecular complexity index is 1400. The Labute approximate surface area is 214 Å². The van der Waals surface area contributed by atoms with Crippen LogP contribution in [0.3, 0.4) is 0 Å². The van der Waals surface area contributed by atoms with E-state index in [1.165, 1.54) is 10.0 Å². The van der Waals surface area contributed by atoms with Gasteiger partial charge in [-0.2, -0.15) is 20.2 Å². The van der Waals surface area contributed by atoms with E-state index in [4.69, 9.17) is 21.8 Å². The molecule has 0 radical (unpaired) electrons. The van der Waals surface area contributed by atoms with Crippen molar-refractivity contribution in [3.8, 4) is 0 Å². The number of benzene rings is 3. The molecule has 1 fully saturated rings. The number of hydrogen-bond acceptors (Lipinski definition) is 4. The average Bonchev–Trinajstić information content (AvgIpc) is 3.33. The van der Waals surface area contributed by atoms with Crippen molar-refractivity contribution in [1.29, 1.82) is 0 Å². The van der Waals surface area contributed by atoms with E-state index < -0.39 is 16.7 Å². The molecule has 6 rings (SSSR count). The third-order valence-electron chi connectivity index (χ3n) is 7.88. The van der Waals surface area contributed by atoms with Crippen LogP contribution in [0.5, 0.6) is 0 Å². The zero-order valence-corrected chi connectivity index (χ0v) is 21.2. The zero-order valence-electron chi connectivity index (χ0n) is 20.5. The highest BCUT2D eigenvalue weighted by molar-refractivity contribution is 6.38. The lowest BCUT2D eigenvalue weighted by molar-refractivity contribution is -0.126. The summed E-state index contributed by atoms with van der Waals surface area (Å²) < 4.78 is 0. The van der Waals surface area contributed by atoms with Gasteiger partial charge in [0, 0.05) is 10.9 Å². The summed E-state index contributed by atoms with van der Waals surface area (Å²) in [5.74, 6) is -0.984. The number of anilines is 2. The first-order valence-electron chi connectivity index (χ1n) is 11.9. The van der Waals surface area contributed by atoms with Crippen LogP contribution < -0.4 is 10.0 Å². The van der Waals surface area contributed by atoms with Crippen molar-refractivity contribution >= 4 is 46.2 Å². The van der Waals surface area contributed by atoms with Crippen LogP contribution in [-0.2, 0) is 9.59 Å². The topological polar surface area (TPSA) is 65.3 Å². The molecule has 2 aliphatic heterocycles. The Morgan fingerprint density at radius 3 is 1.50 bits per heavy atom. The Morgan fingerprint density at radius 1 is 0.667 bits per heavy atom. The maximum absolute atomic E-state index is 14.4. The van der Waals surface area contributed by atoms with Crippen molar-refractivity contribution in [3.05, 3.63) is 94.5 Å². The third-order valence-corrected chi connectivity index (χ3v) is 8.22. The standard InChI is InChI=1S/C29H25ClN4O2/c1-17-9-13-21(14-10-17)33-26(35)28(19(3)31-33)25(23-7-5-6-8-24(23)30)29(28)20(4)32-34(27(29)36)22-15-11-18(2)12-16-22/h5-16,25H,1-4H3. The number of hydrazone groups is 2. The molecule has 180 valence electrons. The zero-order chi connectivity index (χ0) is 25.4. The fourth-order valence-electron chi connectivity index (χ4n) is 6.14. The lowest BCUT2D eigenvalue weighted by Crippen LogP contribution is -2.40. The maximum atomic E-state index is 14.4. The average molecular weight is 497 g/mol. The summed E-state index contributed by atoms with van der Waals surface area (Å²) in [7, 11) is 0. The fourth-order valence-corrected chi connectivity index (χ4v) is 6.38. The highest BCUT2D eigenvalue weighted by Gasteiger charge is 2.91. The molecule has 2 unspecified atom stereocenters. The fraction of sp³-hybridized carbons (Fsp3) is 0.241. The molecule has 3 aliphatic rings. The summed E-state index contributed by atoms with van der Waals surface area (Å²) in [6.45, 7) is 7.65. The van der Waals surface area contributed by atoms with Gasteiger partial charge in [0.05, 0.1) is 22.8 Å². The van der Waals surface area contributed by atoms with Crippen molar-refractivity contribution in [2.45, 2.75) is 33.6 Å². The van der Waals surface area contributed by atoms with Crippen LogP contribution in [-0.4, -0.2) is 23.2 Å². The molecule has 2 amide bonds. The molecule has 0 bridgehead atoms. The van der Waals surface area contributed by atoms with E-state index in [2.05, 4.69) is 0 Å². The van der Waals surface area contributed by atoms with Gasteiger partial charge in [-0.3, -0.25) is 9.59 Å². The van der Waals surface area contributed by atoms with E-state index >= 15 is 0 Å². The lowest BCUT2D eigenvalue weighted by Gasteiger charge is -2.19. The molecule has 1 aliphatic carbocycles. The van der Waals surface area contributed by atoms with Crippen LogP contribution in [0.4, 0.5) is 11.4 Å². The lowest BCUT2D eigenvalue weighted by atomic mass is 9.85. The number of nitrogens with zero attached hydrogens (tertiary/aromatic N) is 4. The van der Waals surface area contributed by atoms with Gasteiger partial charge in [0.25, 0.3) is 11.8 Å². The number of hydrogen-bond donors (Lipinski definition) is 0. The molecule has 2 heterocycles. The predicted molar refractivity (Wildman–Crippen MR) is 143 cm³/mol. The molecule has 7 heteroatoms. The molecule has 2 spiro atoms. The molecule has 0 saturated heterocycles. The minimum absolute atomic E-state index is 0.234. The molecular weight excluding hydrogens is 472 g/mol. The van der Waals surface area contributed by atoms with Gasteiger partial charge in [0.1, 0.15) is 10.8 Å². The first kappa shape index (κ1) is 22.7. The van der Waals surface area contributed by atoms with Crippen LogP contribution >= 0.6 is 11.6 Å². The van der Waals surface area contributed by atoms with Gasteiger partial charge in [-0.15, -0.1) is 0 Å². The van der Waals surface area contributed by atoms with Crippen LogP contribution in [0.1, 0.15) is 36.5 Å². The quantitative estimate of drug-likeness (QED) is 0.455. The van der Waals surface area contributed by atoms with Gasteiger partial charge >= 0.3 is 0 Å². The molecular formula is C29H25ClN4O2. The summed E-state index contributed by atoms with van der Waals surface area (Å²) in [4.78, 5) is 28.7. The number of carbonyl (C=O) groups excluding carboxylic acids is 2. The number of rotatable bonds is 3. The summed E-state index contributed by atoms with van der Waals surface area (Å²) in [6.07, 6.45) is 0. The molecule has 1 saturated carbocycles. The summed E-state index contributed by atoms with van der Waals surface area (Å²) in [5, 5.41) is 12.8. The maximum Gasteiger partial charge on any atom is 0.261 e. The molecule has 3 aromatic carbocycles. The van der Waals surface area contributed by atoms with Crippen LogP contribution in [0, 0.1) is 24.7 Å². The predicted octanol–water partition coefficient (Wildman–Crippen LogP) is 5.87. The van der Waals surface area contributed by atoms with Gasteiger partial charge in [-0.05, 0) is 63.6 Å². The van der Waals surface area contributed by atoms with Crippen LogP contribution in [0.25, 0.3) is 0 Å². The second-order valence-electron chi connectivity index (χ2n) is 9.85. The Kier molecular flexibility index (Phi) is 4.80. The van der Waals surface area contributed by atoms with E-state index in [1.807, 2.05) is 94.4 Å².